The van der Waals surface area contributed by atoms with E-state index in [1.165, 1.54) is 11.1 Å². The SMILES string of the molecule is [N-]=[N+]=N[C@@H]1CN(Cc2ccccc2)[C@H]1c1ccccc1. The van der Waals surface area contributed by atoms with Gasteiger partial charge in [0.1, 0.15) is 0 Å². The zero-order chi connectivity index (χ0) is 13.8. The van der Waals surface area contributed by atoms with Crippen LogP contribution in [0.25, 0.3) is 10.4 Å². The van der Waals surface area contributed by atoms with Gasteiger partial charge in [-0.2, -0.15) is 0 Å². The second kappa shape index (κ2) is 5.78. The summed E-state index contributed by atoms with van der Waals surface area (Å²) in [7, 11) is 0. The number of rotatable bonds is 4. The van der Waals surface area contributed by atoms with E-state index in [9.17, 15) is 0 Å². The summed E-state index contributed by atoms with van der Waals surface area (Å²) in [5, 5.41) is 3.92. The first-order valence-electron chi connectivity index (χ1n) is 6.75. The Hall–Kier alpha value is -2.29. The average molecular weight is 264 g/mol. The second-order valence-corrected chi connectivity index (χ2v) is 5.04. The number of hydrogen-bond donors (Lipinski definition) is 0. The van der Waals surface area contributed by atoms with Gasteiger partial charge in [0, 0.05) is 24.0 Å². The maximum atomic E-state index is 8.68. The van der Waals surface area contributed by atoms with Crippen LogP contribution in [-0.2, 0) is 6.54 Å². The molecule has 0 aromatic heterocycles. The fourth-order valence-electron chi connectivity index (χ4n) is 2.79. The van der Waals surface area contributed by atoms with Crippen molar-refractivity contribution in [2.45, 2.75) is 18.6 Å². The molecule has 0 radical (unpaired) electrons. The van der Waals surface area contributed by atoms with E-state index in [2.05, 4.69) is 51.3 Å². The van der Waals surface area contributed by atoms with E-state index in [1.54, 1.807) is 0 Å². The third-order valence-corrected chi connectivity index (χ3v) is 3.75. The predicted molar refractivity (Wildman–Crippen MR) is 79.0 cm³/mol. The van der Waals surface area contributed by atoms with E-state index in [0.717, 1.165) is 13.1 Å². The number of hydrogen-bond acceptors (Lipinski definition) is 2. The minimum absolute atomic E-state index is 0.0334. The molecular weight excluding hydrogens is 248 g/mol. The van der Waals surface area contributed by atoms with Crippen molar-refractivity contribution in [1.29, 1.82) is 0 Å². The van der Waals surface area contributed by atoms with E-state index in [0.29, 0.717) is 0 Å². The molecule has 1 saturated heterocycles. The van der Waals surface area contributed by atoms with Crippen molar-refractivity contribution < 1.29 is 0 Å². The summed E-state index contributed by atoms with van der Waals surface area (Å²) in [5.74, 6) is 0. The van der Waals surface area contributed by atoms with Gasteiger partial charge in [-0.3, -0.25) is 4.90 Å². The lowest BCUT2D eigenvalue weighted by atomic mass is 9.89. The Morgan fingerprint density at radius 3 is 2.35 bits per heavy atom. The zero-order valence-corrected chi connectivity index (χ0v) is 11.1. The summed E-state index contributed by atoms with van der Waals surface area (Å²) < 4.78 is 0. The van der Waals surface area contributed by atoms with Gasteiger partial charge in [0.25, 0.3) is 0 Å². The first-order valence-corrected chi connectivity index (χ1v) is 6.75. The summed E-state index contributed by atoms with van der Waals surface area (Å²) in [6.07, 6.45) is 0. The van der Waals surface area contributed by atoms with Gasteiger partial charge >= 0.3 is 0 Å². The molecule has 1 aliphatic rings. The molecule has 2 atom stereocenters. The molecule has 0 bridgehead atoms. The predicted octanol–water partition coefficient (Wildman–Crippen LogP) is 3.92. The lowest BCUT2D eigenvalue weighted by Gasteiger charge is -2.46. The van der Waals surface area contributed by atoms with E-state index in [-0.39, 0.29) is 12.1 Å². The molecule has 100 valence electrons. The molecule has 0 amide bonds. The summed E-state index contributed by atoms with van der Waals surface area (Å²) in [6, 6.07) is 20.9. The van der Waals surface area contributed by atoms with E-state index in [1.807, 2.05) is 24.3 Å². The molecule has 1 aliphatic heterocycles. The fraction of sp³-hybridized carbons (Fsp3) is 0.250. The Bertz CT molecular complexity index is 605. The van der Waals surface area contributed by atoms with Crippen molar-refractivity contribution in [3.63, 3.8) is 0 Å². The van der Waals surface area contributed by atoms with Gasteiger partial charge in [0.2, 0.25) is 0 Å². The van der Waals surface area contributed by atoms with Crippen molar-refractivity contribution in [1.82, 2.24) is 4.90 Å². The quantitative estimate of drug-likeness (QED) is 0.469. The molecule has 0 aliphatic carbocycles. The molecule has 0 N–H and O–H groups in total. The molecule has 0 spiro atoms. The maximum Gasteiger partial charge on any atom is 0.0698 e. The Labute approximate surface area is 118 Å². The Balaban J connectivity index is 1.80. The standard InChI is InChI=1S/C16H16N4/c17-19-18-15-12-20(11-13-7-3-1-4-8-13)16(15)14-9-5-2-6-10-14/h1-10,15-16H,11-12H2/t15-,16+/m1/s1. The highest BCUT2D eigenvalue weighted by molar-refractivity contribution is 5.25. The van der Waals surface area contributed by atoms with Gasteiger partial charge < -0.3 is 0 Å². The van der Waals surface area contributed by atoms with Crippen LogP contribution in [0.1, 0.15) is 17.2 Å². The molecule has 0 unspecified atom stereocenters. The van der Waals surface area contributed by atoms with Crippen LogP contribution in [0.15, 0.2) is 65.8 Å². The summed E-state index contributed by atoms with van der Waals surface area (Å²) in [4.78, 5) is 5.32. The monoisotopic (exact) mass is 264 g/mol. The first-order chi connectivity index (χ1) is 9.88. The van der Waals surface area contributed by atoms with Gasteiger partial charge in [0.15, 0.2) is 0 Å². The van der Waals surface area contributed by atoms with Crippen LogP contribution in [0.2, 0.25) is 0 Å². The van der Waals surface area contributed by atoms with Crippen LogP contribution in [0.3, 0.4) is 0 Å². The molecule has 4 nitrogen and oxygen atoms in total. The highest BCUT2D eigenvalue weighted by atomic mass is 15.3. The van der Waals surface area contributed by atoms with Crippen LogP contribution >= 0.6 is 0 Å². The van der Waals surface area contributed by atoms with E-state index in [4.69, 9.17) is 5.53 Å². The van der Waals surface area contributed by atoms with Crippen molar-refractivity contribution in [3.05, 3.63) is 82.2 Å². The zero-order valence-electron chi connectivity index (χ0n) is 11.1. The average Bonchev–Trinajstić information content (AvgIpc) is 2.48. The van der Waals surface area contributed by atoms with Crippen LogP contribution in [0.4, 0.5) is 0 Å². The summed E-state index contributed by atoms with van der Waals surface area (Å²) in [5.41, 5.74) is 11.2. The number of azide groups is 1. The Kier molecular flexibility index (Phi) is 3.68. The molecule has 20 heavy (non-hydrogen) atoms. The second-order valence-electron chi connectivity index (χ2n) is 5.04. The van der Waals surface area contributed by atoms with Gasteiger partial charge in [-0.15, -0.1) is 0 Å². The van der Waals surface area contributed by atoms with Crippen LogP contribution < -0.4 is 0 Å². The fourth-order valence-corrected chi connectivity index (χ4v) is 2.79. The molecule has 3 rings (SSSR count). The van der Waals surface area contributed by atoms with Crippen molar-refractivity contribution in [2.75, 3.05) is 6.54 Å². The number of benzene rings is 2. The van der Waals surface area contributed by atoms with Crippen LogP contribution in [0, 0.1) is 0 Å². The van der Waals surface area contributed by atoms with Crippen LogP contribution in [-0.4, -0.2) is 17.5 Å². The van der Waals surface area contributed by atoms with E-state index >= 15 is 0 Å². The van der Waals surface area contributed by atoms with Crippen LogP contribution in [0.5, 0.6) is 0 Å². The van der Waals surface area contributed by atoms with E-state index < -0.39 is 0 Å². The third-order valence-electron chi connectivity index (χ3n) is 3.75. The smallest absolute Gasteiger partial charge is 0.0698 e. The normalized spacial score (nSPS) is 21.8. The van der Waals surface area contributed by atoms with Gasteiger partial charge in [-0.05, 0) is 16.7 Å². The minimum Gasteiger partial charge on any atom is -0.291 e. The highest BCUT2D eigenvalue weighted by Gasteiger charge is 2.38. The summed E-state index contributed by atoms with van der Waals surface area (Å²) in [6.45, 7) is 1.70. The molecule has 4 heteroatoms. The van der Waals surface area contributed by atoms with Gasteiger partial charge in [-0.25, -0.2) is 0 Å². The number of likely N-dealkylation sites (tertiary alicyclic amines) is 1. The largest absolute Gasteiger partial charge is 0.291 e. The minimum atomic E-state index is 0.0334. The maximum absolute atomic E-state index is 8.68. The molecular formula is C16H16N4. The molecule has 1 fully saturated rings. The molecule has 1 heterocycles. The Morgan fingerprint density at radius 1 is 1.05 bits per heavy atom. The third kappa shape index (κ3) is 2.52. The number of nitrogens with zero attached hydrogens (tertiary/aromatic N) is 4. The van der Waals surface area contributed by atoms with Gasteiger partial charge in [-0.1, -0.05) is 65.8 Å². The van der Waals surface area contributed by atoms with Crippen molar-refractivity contribution in [3.8, 4) is 0 Å². The first kappa shape index (κ1) is 12.7. The van der Waals surface area contributed by atoms with Gasteiger partial charge in [0.05, 0.1) is 6.04 Å². The summed E-state index contributed by atoms with van der Waals surface area (Å²) >= 11 is 0. The Morgan fingerprint density at radius 2 is 1.70 bits per heavy atom. The highest BCUT2D eigenvalue weighted by Crippen LogP contribution is 2.37. The lowest BCUT2D eigenvalue weighted by Crippen LogP contribution is -2.51. The topological polar surface area (TPSA) is 52.0 Å². The molecule has 0 saturated carbocycles. The lowest BCUT2D eigenvalue weighted by molar-refractivity contribution is 0.0541. The van der Waals surface area contributed by atoms with Crippen molar-refractivity contribution >= 4 is 0 Å². The molecule has 2 aromatic rings. The molecule has 2 aromatic carbocycles. The van der Waals surface area contributed by atoms with Crippen molar-refractivity contribution in [2.24, 2.45) is 5.11 Å².